The summed E-state index contributed by atoms with van der Waals surface area (Å²) in [5.41, 5.74) is 0. The third-order valence-corrected chi connectivity index (χ3v) is 8.34. The second kappa shape index (κ2) is 3.19. The molecule has 19 heavy (non-hydrogen) atoms. The quantitative estimate of drug-likeness (QED) is 0.682. The van der Waals surface area contributed by atoms with Crippen LogP contribution < -0.4 is 0 Å². The van der Waals surface area contributed by atoms with E-state index in [9.17, 15) is 16.8 Å². The molecule has 0 radical (unpaired) electrons. The lowest BCUT2D eigenvalue weighted by molar-refractivity contribution is 0.582. The van der Waals surface area contributed by atoms with Gasteiger partial charge in [0.05, 0.1) is 19.6 Å². The van der Waals surface area contributed by atoms with Crippen molar-refractivity contribution in [2.24, 2.45) is 11.8 Å². The first-order chi connectivity index (χ1) is 8.94. The van der Waals surface area contributed by atoms with Crippen LogP contribution in [0.1, 0.15) is 6.42 Å². The Morgan fingerprint density at radius 2 is 1.21 bits per heavy atom. The van der Waals surface area contributed by atoms with E-state index in [1.807, 2.05) is 12.2 Å². The van der Waals surface area contributed by atoms with Gasteiger partial charge in [-0.25, -0.2) is 16.8 Å². The molecular weight excluding hydrogens is 284 g/mol. The molecule has 0 spiro atoms. The fourth-order valence-corrected chi connectivity index (χ4v) is 8.20. The van der Waals surface area contributed by atoms with Gasteiger partial charge in [0, 0.05) is 11.8 Å². The maximum absolute atomic E-state index is 12.6. The average molecular weight is 294 g/mol. The van der Waals surface area contributed by atoms with Crippen molar-refractivity contribution < 1.29 is 16.8 Å². The highest BCUT2D eigenvalue weighted by Crippen LogP contribution is 2.54. The predicted molar refractivity (Wildman–Crippen MR) is 68.6 cm³/mol. The number of hydrogen-bond donors (Lipinski definition) is 0. The molecule has 2 aliphatic carbocycles. The van der Waals surface area contributed by atoms with E-state index in [-0.39, 0.29) is 31.4 Å². The van der Waals surface area contributed by atoms with Crippen molar-refractivity contribution in [1.82, 2.24) is 0 Å². The third-order valence-electron chi connectivity index (χ3n) is 4.01. The van der Waals surface area contributed by atoms with E-state index in [1.54, 1.807) is 12.1 Å². The summed E-state index contributed by atoms with van der Waals surface area (Å²) in [7, 11) is -7.34. The number of fused-ring (bicyclic) bond motifs is 5. The van der Waals surface area contributed by atoms with Crippen molar-refractivity contribution in [2.75, 3.05) is 0 Å². The highest BCUT2D eigenvalue weighted by molar-refractivity contribution is 8.01. The zero-order chi connectivity index (χ0) is 13.4. The SMILES string of the molecule is O=S1(=O)C2=C([C@H]3C=C[C@@H]2C3)S(=O)(=O)c2ccccc21. The highest BCUT2D eigenvalue weighted by Gasteiger charge is 2.51. The maximum atomic E-state index is 12.6. The van der Waals surface area contributed by atoms with Crippen LogP contribution in [0.15, 0.2) is 56.0 Å². The van der Waals surface area contributed by atoms with Crippen LogP contribution in [0.5, 0.6) is 0 Å². The van der Waals surface area contributed by atoms with Gasteiger partial charge >= 0.3 is 0 Å². The summed E-state index contributed by atoms with van der Waals surface area (Å²) in [4.78, 5) is 0.0711. The molecule has 0 aromatic heterocycles. The van der Waals surface area contributed by atoms with E-state index in [1.165, 1.54) is 12.1 Å². The van der Waals surface area contributed by atoms with Crippen molar-refractivity contribution in [3.05, 3.63) is 46.2 Å². The fraction of sp³-hybridized carbons (Fsp3) is 0.231. The lowest BCUT2D eigenvalue weighted by Gasteiger charge is -2.23. The van der Waals surface area contributed by atoms with Crippen molar-refractivity contribution in [3.63, 3.8) is 0 Å². The van der Waals surface area contributed by atoms with Gasteiger partial charge in [0.25, 0.3) is 0 Å². The van der Waals surface area contributed by atoms with Crippen LogP contribution in [-0.2, 0) is 19.7 Å². The molecule has 4 rings (SSSR count). The van der Waals surface area contributed by atoms with E-state index in [0.717, 1.165) is 0 Å². The lowest BCUT2D eigenvalue weighted by atomic mass is 10.2. The van der Waals surface area contributed by atoms with Crippen LogP contribution in [0.3, 0.4) is 0 Å². The average Bonchev–Trinajstić information content (AvgIpc) is 2.98. The Morgan fingerprint density at radius 1 is 0.789 bits per heavy atom. The molecule has 1 aromatic carbocycles. The van der Waals surface area contributed by atoms with E-state index < -0.39 is 19.7 Å². The molecule has 1 heterocycles. The summed E-state index contributed by atoms with van der Waals surface area (Å²) in [6.45, 7) is 0. The predicted octanol–water partition coefficient (Wildman–Crippen LogP) is 1.67. The molecule has 6 heteroatoms. The van der Waals surface area contributed by atoms with Gasteiger partial charge < -0.3 is 0 Å². The molecule has 0 N–H and O–H groups in total. The van der Waals surface area contributed by atoms with Crippen molar-refractivity contribution in [2.45, 2.75) is 16.2 Å². The Morgan fingerprint density at radius 3 is 1.63 bits per heavy atom. The first-order valence-corrected chi connectivity index (χ1v) is 8.92. The Balaban J connectivity index is 2.18. The van der Waals surface area contributed by atoms with Crippen molar-refractivity contribution in [1.29, 1.82) is 0 Å². The monoisotopic (exact) mass is 294 g/mol. The molecule has 0 unspecified atom stereocenters. The van der Waals surface area contributed by atoms with Crippen LogP contribution in [0.25, 0.3) is 0 Å². The highest BCUT2D eigenvalue weighted by atomic mass is 32.2. The van der Waals surface area contributed by atoms with Crippen molar-refractivity contribution in [3.8, 4) is 0 Å². The summed E-state index contributed by atoms with van der Waals surface area (Å²) >= 11 is 0. The molecule has 1 aliphatic heterocycles. The summed E-state index contributed by atoms with van der Waals surface area (Å²) in [6.07, 6.45) is 4.19. The number of allylic oxidation sites excluding steroid dienone is 4. The first-order valence-electron chi connectivity index (χ1n) is 5.95. The molecule has 3 aliphatic rings. The standard InChI is InChI=1S/C13H10O4S2/c14-18(15)10-3-1-2-4-11(10)19(16,17)13-9-6-5-8(7-9)12(13)18/h1-6,8-9H,7H2/t8-,9+. The summed E-state index contributed by atoms with van der Waals surface area (Å²) in [6, 6.07) is 5.87. The molecule has 2 bridgehead atoms. The van der Waals surface area contributed by atoms with Gasteiger partial charge in [0.2, 0.25) is 19.7 Å². The first kappa shape index (κ1) is 11.4. The van der Waals surface area contributed by atoms with Gasteiger partial charge in [0.15, 0.2) is 0 Å². The van der Waals surface area contributed by atoms with Gasteiger partial charge in [-0.2, -0.15) is 0 Å². The molecule has 0 amide bonds. The minimum atomic E-state index is -3.67. The van der Waals surface area contributed by atoms with E-state index in [4.69, 9.17) is 0 Å². The molecule has 98 valence electrons. The van der Waals surface area contributed by atoms with Gasteiger partial charge in [-0.3, -0.25) is 0 Å². The molecule has 0 saturated heterocycles. The smallest absolute Gasteiger partial charge is 0.205 e. The molecule has 4 nitrogen and oxygen atoms in total. The molecule has 0 fully saturated rings. The van der Waals surface area contributed by atoms with E-state index >= 15 is 0 Å². The maximum Gasteiger partial charge on any atom is 0.205 e. The van der Waals surface area contributed by atoms with E-state index in [0.29, 0.717) is 6.42 Å². The third kappa shape index (κ3) is 1.19. The van der Waals surface area contributed by atoms with Gasteiger partial charge in [-0.15, -0.1) is 0 Å². The van der Waals surface area contributed by atoms with E-state index in [2.05, 4.69) is 0 Å². The number of hydrogen-bond acceptors (Lipinski definition) is 4. The Labute approximate surface area is 111 Å². The van der Waals surface area contributed by atoms with Crippen LogP contribution in [0.2, 0.25) is 0 Å². The zero-order valence-electron chi connectivity index (χ0n) is 9.78. The van der Waals surface area contributed by atoms with Gasteiger partial charge in [0.1, 0.15) is 0 Å². The molecule has 0 saturated carbocycles. The van der Waals surface area contributed by atoms with Crippen LogP contribution >= 0.6 is 0 Å². The topological polar surface area (TPSA) is 68.3 Å². The minimum absolute atomic E-state index is 0.0744. The lowest BCUT2D eigenvalue weighted by Crippen LogP contribution is -2.24. The number of rotatable bonds is 0. The second-order valence-corrected chi connectivity index (χ2v) is 8.79. The molecule has 1 aromatic rings. The minimum Gasteiger partial charge on any atom is -0.219 e. The Bertz CT molecular complexity index is 802. The van der Waals surface area contributed by atoms with Crippen LogP contribution in [0, 0.1) is 11.8 Å². The largest absolute Gasteiger partial charge is 0.219 e. The molecular formula is C13H10O4S2. The van der Waals surface area contributed by atoms with Crippen molar-refractivity contribution >= 4 is 19.7 Å². The van der Waals surface area contributed by atoms with Crippen LogP contribution in [-0.4, -0.2) is 16.8 Å². The fourth-order valence-electron chi connectivity index (χ4n) is 3.25. The number of benzene rings is 1. The van der Waals surface area contributed by atoms with Gasteiger partial charge in [-0.1, -0.05) is 24.3 Å². The normalized spacial score (nSPS) is 32.2. The summed E-state index contributed by atoms with van der Waals surface area (Å²) in [5.74, 6) is -0.540. The molecule has 2 atom stereocenters. The van der Waals surface area contributed by atoms with Gasteiger partial charge in [-0.05, 0) is 18.6 Å². The Kier molecular flexibility index (Phi) is 1.92. The Hall–Kier alpha value is -1.40. The number of sulfone groups is 2. The second-order valence-electron chi connectivity index (χ2n) is 5.02. The zero-order valence-corrected chi connectivity index (χ0v) is 11.4. The van der Waals surface area contributed by atoms with Crippen LogP contribution in [0.4, 0.5) is 0 Å². The summed E-state index contributed by atoms with van der Waals surface area (Å²) < 4.78 is 50.4. The summed E-state index contributed by atoms with van der Waals surface area (Å²) in [5, 5.41) is 0.